The highest BCUT2D eigenvalue weighted by atomic mass is 19.1. The van der Waals surface area contributed by atoms with E-state index < -0.39 is 10.7 Å². The van der Waals surface area contributed by atoms with Crippen molar-refractivity contribution in [3.8, 4) is 0 Å². The summed E-state index contributed by atoms with van der Waals surface area (Å²) in [5.74, 6) is -0.497. The fourth-order valence-corrected chi connectivity index (χ4v) is 1.01. The van der Waals surface area contributed by atoms with E-state index in [9.17, 15) is 14.5 Å². The molecule has 13 heavy (non-hydrogen) atoms. The SMILES string of the molecule is C=C(C)c1cc(F)ccc1[N+](=O)[O-]. The van der Waals surface area contributed by atoms with Crippen LogP contribution in [0.5, 0.6) is 0 Å². The first kappa shape index (κ1) is 9.38. The van der Waals surface area contributed by atoms with E-state index >= 15 is 0 Å². The fourth-order valence-electron chi connectivity index (χ4n) is 1.01. The molecule has 1 aromatic carbocycles. The first-order chi connectivity index (χ1) is 6.02. The zero-order chi connectivity index (χ0) is 10.0. The molecular weight excluding hydrogens is 173 g/mol. The third kappa shape index (κ3) is 1.90. The molecule has 68 valence electrons. The van der Waals surface area contributed by atoms with E-state index in [1.54, 1.807) is 6.92 Å². The Morgan fingerprint density at radius 3 is 2.69 bits per heavy atom. The number of nitro benzene ring substituents is 1. The quantitative estimate of drug-likeness (QED) is 0.520. The number of hydrogen-bond acceptors (Lipinski definition) is 2. The lowest BCUT2D eigenvalue weighted by atomic mass is 10.1. The summed E-state index contributed by atoms with van der Waals surface area (Å²) in [6.45, 7) is 5.14. The van der Waals surface area contributed by atoms with Gasteiger partial charge in [-0.15, -0.1) is 0 Å². The predicted molar refractivity (Wildman–Crippen MR) is 47.8 cm³/mol. The summed E-state index contributed by atoms with van der Waals surface area (Å²) in [4.78, 5) is 9.93. The third-order valence-corrected chi connectivity index (χ3v) is 1.62. The molecule has 0 bridgehead atoms. The van der Waals surface area contributed by atoms with Crippen LogP contribution >= 0.6 is 0 Å². The molecule has 0 amide bonds. The van der Waals surface area contributed by atoms with Crippen molar-refractivity contribution >= 4 is 11.3 Å². The molecule has 1 rings (SSSR count). The van der Waals surface area contributed by atoms with Crippen molar-refractivity contribution in [1.29, 1.82) is 0 Å². The predicted octanol–water partition coefficient (Wildman–Crippen LogP) is 2.77. The zero-order valence-electron chi connectivity index (χ0n) is 7.08. The van der Waals surface area contributed by atoms with Gasteiger partial charge < -0.3 is 0 Å². The lowest BCUT2D eigenvalue weighted by molar-refractivity contribution is -0.385. The van der Waals surface area contributed by atoms with Gasteiger partial charge in [-0.25, -0.2) is 4.39 Å². The first-order valence-electron chi connectivity index (χ1n) is 3.62. The van der Waals surface area contributed by atoms with E-state index in [-0.39, 0.29) is 11.3 Å². The fraction of sp³-hybridized carbons (Fsp3) is 0.111. The monoisotopic (exact) mass is 181 g/mol. The Morgan fingerprint density at radius 2 is 2.23 bits per heavy atom. The Kier molecular flexibility index (Phi) is 2.41. The zero-order valence-corrected chi connectivity index (χ0v) is 7.08. The minimum Gasteiger partial charge on any atom is -0.258 e. The summed E-state index contributed by atoms with van der Waals surface area (Å²) in [7, 11) is 0. The van der Waals surface area contributed by atoms with Crippen molar-refractivity contribution in [2.24, 2.45) is 0 Å². The van der Waals surface area contributed by atoms with Gasteiger partial charge in [0, 0.05) is 6.07 Å². The van der Waals surface area contributed by atoms with E-state index in [4.69, 9.17) is 0 Å². The highest BCUT2D eigenvalue weighted by molar-refractivity contribution is 5.69. The molecule has 0 saturated heterocycles. The average Bonchev–Trinajstić information content (AvgIpc) is 2.03. The molecule has 0 aliphatic carbocycles. The van der Waals surface area contributed by atoms with Crippen LogP contribution in [0.25, 0.3) is 5.57 Å². The minimum absolute atomic E-state index is 0.117. The topological polar surface area (TPSA) is 43.1 Å². The Hall–Kier alpha value is -1.71. The number of nitrogens with zero attached hydrogens (tertiary/aromatic N) is 1. The maximum Gasteiger partial charge on any atom is 0.277 e. The van der Waals surface area contributed by atoms with Gasteiger partial charge in [-0.3, -0.25) is 10.1 Å². The van der Waals surface area contributed by atoms with Crippen LogP contribution in [0.2, 0.25) is 0 Å². The number of nitro groups is 1. The van der Waals surface area contributed by atoms with Crippen LogP contribution in [0.15, 0.2) is 24.8 Å². The van der Waals surface area contributed by atoms with Gasteiger partial charge in [0.2, 0.25) is 0 Å². The highest BCUT2D eigenvalue weighted by Gasteiger charge is 2.14. The van der Waals surface area contributed by atoms with Crippen molar-refractivity contribution in [3.05, 3.63) is 46.3 Å². The highest BCUT2D eigenvalue weighted by Crippen LogP contribution is 2.25. The Morgan fingerprint density at radius 1 is 1.62 bits per heavy atom. The molecule has 4 heteroatoms. The third-order valence-electron chi connectivity index (χ3n) is 1.62. The molecule has 0 spiro atoms. The molecule has 0 fully saturated rings. The normalized spacial score (nSPS) is 9.69. The van der Waals surface area contributed by atoms with Crippen molar-refractivity contribution in [1.82, 2.24) is 0 Å². The van der Waals surface area contributed by atoms with Gasteiger partial charge in [0.15, 0.2) is 0 Å². The Bertz CT molecular complexity index is 374. The molecule has 0 N–H and O–H groups in total. The second-order valence-electron chi connectivity index (χ2n) is 2.70. The van der Waals surface area contributed by atoms with E-state index in [2.05, 4.69) is 6.58 Å². The van der Waals surface area contributed by atoms with E-state index in [0.29, 0.717) is 5.57 Å². The number of hydrogen-bond donors (Lipinski definition) is 0. The van der Waals surface area contributed by atoms with E-state index in [1.807, 2.05) is 0 Å². The summed E-state index contributed by atoms with van der Waals surface area (Å²) in [5, 5.41) is 10.5. The van der Waals surface area contributed by atoms with Crippen LogP contribution in [0.4, 0.5) is 10.1 Å². The molecule has 1 aromatic rings. The molecule has 0 saturated carbocycles. The van der Waals surface area contributed by atoms with Gasteiger partial charge >= 0.3 is 0 Å². The maximum absolute atomic E-state index is 12.7. The smallest absolute Gasteiger partial charge is 0.258 e. The average molecular weight is 181 g/mol. The molecule has 0 unspecified atom stereocenters. The second kappa shape index (κ2) is 3.35. The summed E-state index contributed by atoms with van der Waals surface area (Å²) in [6, 6.07) is 3.31. The van der Waals surface area contributed by atoms with Gasteiger partial charge in [0.25, 0.3) is 5.69 Å². The summed E-state index contributed by atoms with van der Waals surface area (Å²) < 4.78 is 12.7. The van der Waals surface area contributed by atoms with Gasteiger partial charge in [-0.05, 0) is 24.6 Å². The first-order valence-corrected chi connectivity index (χ1v) is 3.62. The lowest BCUT2D eigenvalue weighted by Crippen LogP contribution is -1.93. The van der Waals surface area contributed by atoms with Crippen LogP contribution in [-0.4, -0.2) is 4.92 Å². The van der Waals surface area contributed by atoms with Crippen LogP contribution in [0.3, 0.4) is 0 Å². The molecule has 0 aromatic heterocycles. The standard InChI is InChI=1S/C9H8FNO2/c1-6(2)8-5-7(10)3-4-9(8)11(12)13/h3-5H,1H2,2H3. The molecule has 0 aliphatic rings. The summed E-state index contributed by atoms with van der Waals surface area (Å²) in [5.41, 5.74) is 0.602. The molecule has 3 nitrogen and oxygen atoms in total. The number of rotatable bonds is 2. The van der Waals surface area contributed by atoms with Gasteiger partial charge in [-0.1, -0.05) is 6.58 Å². The number of allylic oxidation sites excluding steroid dienone is 1. The minimum atomic E-state index is -0.552. The molecule has 0 radical (unpaired) electrons. The largest absolute Gasteiger partial charge is 0.277 e. The van der Waals surface area contributed by atoms with E-state index in [0.717, 1.165) is 18.2 Å². The lowest BCUT2D eigenvalue weighted by Gasteiger charge is -2.00. The van der Waals surface area contributed by atoms with Crippen molar-refractivity contribution in [2.45, 2.75) is 6.92 Å². The number of halogens is 1. The molecular formula is C9H8FNO2. The maximum atomic E-state index is 12.7. The van der Waals surface area contributed by atoms with Crippen LogP contribution in [-0.2, 0) is 0 Å². The van der Waals surface area contributed by atoms with Crippen molar-refractivity contribution in [2.75, 3.05) is 0 Å². The summed E-state index contributed by atoms with van der Waals surface area (Å²) in [6.07, 6.45) is 0. The van der Waals surface area contributed by atoms with Gasteiger partial charge in [-0.2, -0.15) is 0 Å². The number of benzene rings is 1. The van der Waals surface area contributed by atoms with Crippen molar-refractivity contribution < 1.29 is 9.31 Å². The Balaban J connectivity index is 3.35. The molecule has 0 atom stereocenters. The van der Waals surface area contributed by atoms with Gasteiger partial charge in [0.05, 0.1) is 10.5 Å². The van der Waals surface area contributed by atoms with E-state index in [1.165, 1.54) is 0 Å². The van der Waals surface area contributed by atoms with Crippen molar-refractivity contribution in [3.63, 3.8) is 0 Å². The van der Waals surface area contributed by atoms with Crippen LogP contribution in [0, 0.1) is 15.9 Å². The molecule has 0 aliphatic heterocycles. The molecule has 0 heterocycles. The van der Waals surface area contributed by atoms with Gasteiger partial charge in [0.1, 0.15) is 5.82 Å². The Labute approximate surface area is 74.7 Å². The van der Waals surface area contributed by atoms with Crippen LogP contribution < -0.4 is 0 Å². The summed E-state index contributed by atoms with van der Waals surface area (Å²) >= 11 is 0. The van der Waals surface area contributed by atoms with Crippen LogP contribution in [0.1, 0.15) is 12.5 Å². The second-order valence-corrected chi connectivity index (χ2v) is 2.70.